The van der Waals surface area contributed by atoms with Gasteiger partial charge in [0.15, 0.2) is 0 Å². The average Bonchev–Trinajstić information content (AvgIpc) is 3.90. The molecule has 0 saturated carbocycles. The number of hydrogen-bond acceptors (Lipinski definition) is 0. The van der Waals surface area contributed by atoms with Crippen molar-refractivity contribution in [3.63, 3.8) is 0 Å². The third-order valence-electron chi connectivity index (χ3n) is 13.2. The Morgan fingerprint density at radius 3 is 1.45 bits per heavy atom. The van der Waals surface area contributed by atoms with Gasteiger partial charge in [0, 0.05) is 16.5 Å². The Kier molecular flexibility index (Phi) is 6.43. The first kappa shape index (κ1) is 31.7. The molecule has 268 valence electrons. The van der Waals surface area contributed by atoms with Crippen molar-refractivity contribution in [1.29, 1.82) is 0 Å². The molecule has 10 aromatic carbocycles. The second kappa shape index (κ2) is 11.8. The highest BCUT2D eigenvalue weighted by molar-refractivity contribution is 6.11. The molecule has 1 spiro atoms. The van der Waals surface area contributed by atoms with Gasteiger partial charge in [-0.1, -0.05) is 164 Å². The van der Waals surface area contributed by atoms with Crippen molar-refractivity contribution in [2.24, 2.45) is 0 Å². The van der Waals surface area contributed by atoms with E-state index in [2.05, 4.69) is 217 Å². The Balaban J connectivity index is 0.912. The summed E-state index contributed by atoms with van der Waals surface area (Å²) in [4.78, 5) is 0. The molecule has 0 fully saturated rings. The Morgan fingerprint density at radius 2 is 0.776 bits per heavy atom. The molecule has 0 amide bonds. The van der Waals surface area contributed by atoms with Crippen molar-refractivity contribution in [2.45, 2.75) is 5.41 Å². The van der Waals surface area contributed by atoms with Gasteiger partial charge in [-0.3, -0.25) is 0 Å². The van der Waals surface area contributed by atoms with Crippen LogP contribution in [0.5, 0.6) is 0 Å². The zero-order valence-electron chi connectivity index (χ0n) is 31.7. The normalized spacial score (nSPS) is 13.3. The summed E-state index contributed by atoms with van der Waals surface area (Å²) in [5.74, 6) is 0. The van der Waals surface area contributed by atoms with Crippen LogP contribution in [-0.2, 0) is 5.41 Å². The SMILES string of the molecule is c1ccc(-n2c3ccccc3c3cc(-c4ccc5cc(-c6ccc7c8c(ccc7c6)-c6ccccc6C86c7ccccc7-c7ccccc76)ccc5c4)ccc32)cc1. The summed E-state index contributed by atoms with van der Waals surface area (Å²) >= 11 is 0. The highest BCUT2D eigenvalue weighted by atomic mass is 15.0. The third kappa shape index (κ3) is 4.20. The van der Waals surface area contributed by atoms with Crippen LogP contribution in [-0.4, -0.2) is 4.57 Å². The van der Waals surface area contributed by atoms with Crippen LogP contribution in [0.3, 0.4) is 0 Å². The lowest BCUT2D eigenvalue weighted by Gasteiger charge is -2.31. The average molecular weight is 734 g/mol. The third-order valence-corrected chi connectivity index (χ3v) is 13.2. The molecule has 1 nitrogen and oxygen atoms in total. The molecule has 0 unspecified atom stereocenters. The van der Waals surface area contributed by atoms with Crippen molar-refractivity contribution in [3.05, 3.63) is 235 Å². The first-order chi connectivity index (χ1) is 28.8. The molecule has 0 bridgehead atoms. The maximum atomic E-state index is 2.40. The molecule has 11 aromatic rings. The molecule has 2 aliphatic carbocycles. The molecule has 1 heterocycles. The lowest BCUT2D eigenvalue weighted by atomic mass is 9.69. The van der Waals surface area contributed by atoms with Gasteiger partial charge in [-0.15, -0.1) is 0 Å². The van der Waals surface area contributed by atoms with Crippen LogP contribution in [0.25, 0.3) is 93.5 Å². The molecule has 2 aliphatic rings. The molecule has 1 heteroatoms. The van der Waals surface area contributed by atoms with E-state index in [0.29, 0.717) is 0 Å². The second-order valence-electron chi connectivity index (χ2n) is 16.0. The monoisotopic (exact) mass is 733 g/mol. The fourth-order valence-electron chi connectivity index (χ4n) is 10.7. The summed E-state index contributed by atoms with van der Waals surface area (Å²) in [6, 6.07) is 79.2. The van der Waals surface area contributed by atoms with E-state index in [1.54, 1.807) is 0 Å². The summed E-state index contributed by atoms with van der Waals surface area (Å²) in [6.07, 6.45) is 0. The molecule has 0 saturated heterocycles. The number of hydrogen-bond donors (Lipinski definition) is 0. The summed E-state index contributed by atoms with van der Waals surface area (Å²) in [5.41, 5.74) is 19.1. The summed E-state index contributed by atoms with van der Waals surface area (Å²) in [7, 11) is 0. The quantitative estimate of drug-likeness (QED) is 0.170. The molecule has 1 aromatic heterocycles. The summed E-state index contributed by atoms with van der Waals surface area (Å²) < 4.78 is 2.38. The van der Waals surface area contributed by atoms with Crippen LogP contribution in [0.2, 0.25) is 0 Å². The first-order valence-electron chi connectivity index (χ1n) is 20.3. The number of benzene rings is 10. The van der Waals surface area contributed by atoms with E-state index in [9.17, 15) is 0 Å². The van der Waals surface area contributed by atoms with Crippen LogP contribution in [0.15, 0.2) is 212 Å². The molecule has 0 aliphatic heterocycles. The highest BCUT2D eigenvalue weighted by Crippen LogP contribution is 2.64. The molecule has 0 atom stereocenters. The van der Waals surface area contributed by atoms with Crippen molar-refractivity contribution in [3.8, 4) is 50.2 Å². The largest absolute Gasteiger partial charge is 0.309 e. The van der Waals surface area contributed by atoms with Crippen LogP contribution in [0.4, 0.5) is 0 Å². The maximum Gasteiger partial charge on any atom is 0.0731 e. The van der Waals surface area contributed by atoms with Crippen LogP contribution >= 0.6 is 0 Å². The molecular weight excluding hydrogens is 699 g/mol. The number of rotatable bonds is 3. The predicted octanol–water partition coefficient (Wildman–Crippen LogP) is 14.8. The zero-order valence-corrected chi connectivity index (χ0v) is 31.7. The van der Waals surface area contributed by atoms with E-state index in [0.717, 1.165) is 0 Å². The molecule has 13 rings (SSSR count). The Hall–Kier alpha value is -7.48. The Labute approximate surface area is 336 Å². The molecule has 0 N–H and O–H groups in total. The van der Waals surface area contributed by atoms with E-state index >= 15 is 0 Å². The van der Waals surface area contributed by atoms with E-state index in [4.69, 9.17) is 0 Å². The minimum Gasteiger partial charge on any atom is -0.309 e. The second-order valence-corrected chi connectivity index (χ2v) is 16.0. The van der Waals surface area contributed by atoms with Crippen LogP contribution < -0.4 is 0 Å². The van der Waals surface area contributed by atoms with E-state index in [-0.39, 0.29) is 5.41 Å². The summed E-state index contributed by atoms with van der Waals surface area (Å²) in [5, 5.41) is 7.61. The number of nitrogens with zero attached hydrogens (tertiary/aromatic N) is 1. The molecule has 58 heavy (non-hydrogen) atoms. The lowest BCUT2D eigenvalue weighted by molar-refractivity contribution is 0.801. The van der Waals surface area contributed by atoms with Gasteiger partial charge >= 0.3 is 0 Å². The van der Waals surface area contributed by atoms with E-state index < -0.39 is 0 Å². The number of para-hydroxylation sites is 2. The highest BCUT2D eigenvalue weighted by Gasteiger charge is 2.52. The van der Waals surface area contributed by atoms with Gasteiger partial charge in [0.2, 0.25) is 0 Å². The van der Waals surface area contributed by atoms with Gasteiger partial charge in [0.1, 0.15) is 0 Å². The fourth-order valence-corrected chi connectivity index (χ4v) is 10.7. The topological polar surface area (TPSA) is 4.93 Å². The van der Waals surface area contributed by atoms with Crippen LogP contribution in [0.1, 0.15) is 22.3 Å². The molecule has 0 radical (unpaired) electrons. The van der Waals surface area contributed by atoms with Crippen molar-refractivity contribution < 1.29 is 0 Å². The lowest BCUT2D eigenvalue weighted by Crippen LogP contribution is -2.26. The minimum absolute atomic E-state index is 0.357. The number of aromatic nitrogens is 1. The minimum atomic E-state index is -0.357. The van der Waals surface area contributed by atoms with Crippen LogP contribution in [0, 0.1) is 0 Å². The van der Waals surface area contributed by atoms with Gasteiger partial charge < -0.3 is 4.57 Å². The van der Waals surface area contributed by atoms with Gasteiger partial charge in [-0.2, -0.15) is 0 Å². The number of fused-ring (bicyclic) bond motifs is 16. The van der Waals surface area contributed by atoms with Gasteiger partial charge in [-0.05, 0) is 137 Å². The van der Waals surface area contributed by atoms with Gasteiger partial charge in [-0.25, -0.2) is 0 Å². The first-order valence-corrected chi connectivity index (χ1v) is 20.3. The Bertz CT molecular complexity index is 3450. The van der Waals surface area contributed by atoms with Gasteiger partial charge in [0.05, 0.1) is 16.4 Å². The van der Waals surface area contributed by atoms with E-state index in [1.807, 2.05) is 0 Å². The molecular formula is C57H35N. The predicted molar refractivity (Wildman–Crippen MR) is 243 cm³/mol. The van der Waals surface area contributed by atoms with Crippen molar-refractivity contribution in [2.75, 3.05) is 0 Å². The fraction of sp³-hybridized carbons (Fsp3) is 0.0175. The summed E-state index contributed by atoms with van der Waals surface area (Å²) in [6.45, 7) is 0. The maximum absolute atomic E-state index is 2.40. The van der Waals surface area contributed by atoms with E-state index in [1.165, 1.54) is 116 Å². The standard InChI is InChI=1S/C57H35N/c1-2-12-43(13-3-1)58-54-21-11-7-17-48(54)50-35-41(28-31-55(50)58)39-25-24-36-32-38(23-22-37(36)33-39)40-26-29-44-42(34-40)27-30-49-47-16-6-10-20-53(47)57(56(44)49)51-18-8-4-14-45(51)46-15-5-9-19-52(46)57/h1-35H. The van der Waals surface area contributed by atoms with Gasteiger partial charge in [0.25, 0.3) is 0 Å². The zero-order chi connectivity index (χ0) is 38.0. The van der Waals surface area contributed by atoms with Crippen molar-refractivity contribution >= 4 is 43.4 Å². The Morgan fingerprint density at radius 1 is 0.293 bits per heavy atom. The smallest absolute Gasteiger partial charge is 0.0731 e. The van der Waals surface area contributed by atoms with Crippen molar-refractivity contribution in [1.82, 2.24) is 4.57 Å².